The standard InChI is InChI=1S/C21H38N2O5SSi/c1-20(2,3)28-19(24)22-17(15-27-30(8,9)21(4,5)6)18(23-29(7,25)26)16-13-11-10-12-14-16/h10-14,17-18,23H,15H2,1-9H3,(H,22,24)/t17-,18+/m1/s1. The Labute approximate surface area is 183 Å². The third kappa shape index (κ3) is 9.16. The maximum absolute atomic E-state index is 12.5. The Balaban J connectivity index is 3.27. The normalized spacial score (nSPS) is 15.4. The summed E-state index contributed by atoms with van der Waals surface area (Å²) in [7, 11) is -5.70. The fourth-order valence-electron chi connectivity index (χ4n) is 2.47. The van der Waals surface area contributed by atoms with E-state index in [1.807, 2.05) is 30.3 Å². The van der Waals surface area contributed by atoms with Crippen LogP contribution < -0.4 is 10.0 Å². The van der Waals surface area contributed by atoms with Crippen molar-refractivity contribution >= 4 is 24.4 Å². The second kappa shape index (κ2) is 9.80. The van der Waals surface area contributed by atoms with E-state index in [0.29, 0.717) is 0 Å². The number of ether oxygens (including phenoxy) is 1. The van der Waals surface area contributed by atoms with Crippen molar-refractivity contribution in [2.45, 2.75) is 77.4 Å². The van der Waals surface area contributed by atoms with Crippen LogP contribution in [0.25, 0.3) is 0 Å². The van der Waals surface area contributed by atoms with Crippen LogP contribution in [0.3, 0.4) is 0 Å². The predicted octanol–water partition coefficient (Wildman–Crippen LogP) is 4.19. The van der Waals surface area contributed by atoms with Gasteiger partial charge in [0.15, 0.2) is 8.32 Å². The zero-order valence-corrected chi connectivity index (χ0v) is 21.5. The van der Waals surface area contributed by atoms with Crippen LogP contribution in [0, 0.1) is 0 Å². The van der Waals surface area contributed by atoms with Gasteiger partial charge in [0, 0.05) is 0 Å². The van der Waals surface area contributed by atoms with Gasteiger partial charge in [0.25, 0.3) is 0 Å². The highest BCUT2D eigenvalue weighted by atomic mass is 32.2. The lowest BCUT2D eigenvalue weighted by molar-refractivity contribution is 0.0471. The lowest BCUT2D eigenvalue weighted by Gasteiger charge is -2.38. The van der Waals surface area contributed by atoms with Gasteiger partial charge in [0.05, 0.1) is 24.9 Å². The molecular formula is C21H38N2O5SSi. The van der Waals surface area contributed by atoms with Gasteiger partial charge in [-0.15, -0.1) is 0 Å². The van der Waals surface area contributed by atoms with Gasteiger partial charge >= 0.3 is 6.09 Å². The summed E-state index contributed by atoms with van der Waals surface area (Å²) in [6.07, 6.45) is 0.477. The summed E-state index contributed by atoms with van der Waals surface area (Å²) in [4.78, 5) is 12.5. The fraction of sp³-hybridized carbons (Fsp3) is 0.667. The molecule has 0 saturated carbocycles. The van der Waals surface area contributed by atoms with Crippen molar-refractivity contribution < 1.29 is 22.4 Å². The third-order valence-electron chi connectivity index (χ3n) is 5.03. The van der Waals surface area contributed by atoms with Crippen LogP contribution in [0.2, 0.25) is 18.1 Å². The van der Waals surface area contributed by atoms with Crippen molar-refractivity contribution in [3.05, 3.63) is 35.9 Å². The summed E-state index contributed by atoms with van der Waals surface area (Å²) in [6.45, 7) is 16.1. The Morgan fingerprint density at radius 2 is 1.60 bits per heavy atom. The minimum Gasteiger partial charge on any atom is -0.444 e. The molecule has 30 heavy (non-hydrogen) atoms. The van der Waals surface area contributed by atoms with Gasteiger partial charge in [-0.05, 0) is 44.5 Å². The molecule has 0 fully saturated rings. The highest BCUT2D eigenvalue weighted by molar-refractivity contribution is 7.88. The molecule has 1 rings (SSSR count). The first-order valence-corrected chi connectivity index (χ1v) is 14.9. The van der Waals surface area contributed by atoms with Gasteiger partial charge in [-0.25, -0.2) is 17.9 Å². The Morgan fingerprint density at radius 1 is 1.07 bits per heavy atom. The number of hydrogen-bond donors (Lipinski definition) is 2. The number of alkyl carbamates (subject to hydrolysis) is 1. The molecule has 0 spiro atoms. The van der Waals surface area contributed by atoms with Crippen LogP contribution in [0.4, 0.5) is 4.79 Å². The molecule has 0 heterocycles. The summed E-state index contributed by atoms with van der Waals surface area (Å²) in [5, 5.41) is 2.80. The van der Waals surface area contributed by atoms with E-state index in [1.165, 1.54) is 0 Å². The predicted molar refractivity (Wildman–Crippen MR) is 123 cm³/mol. The summed E-state index contributed by atoms with van der Waals surface area (Å²) in [6, 6.07) is 7.77. The van der Waals surface area contributed by atoms with Crippen molar-refractivity contribution in [3.63, 3.8) is 0 Å². The molecular weight excluding hydrogens is 420 g/mol. The number of sulfonamides is 1. The molecule has 0 saturated heterocycles. The molecule has 172 valence electrons. The van der Waals surface area contributed by atoms with Gasteiger partial charge in [0.2, 0.25) is 10.0 Å². The number of carbonyl (C=O) groups is 1. The molecule has 0 aliphatic rings. The van der Waals surface area contributed by atoms with E-state index in [9.17, 15) is 13.2 Å². The Bertz CT molecular complexity index is 799. The van der Waals surface area contributed by atoms with Crippen LogP contribution in [-0.4, -0.2) is 47.3 Å². The maximum Gasteiger partial charge on any atom is 0.408 e. The minimum atomic E-state index is -3.56. The SMILES string of the molecule is CC(C)(C)OC(=O)N[C@H](CO[Si](C)(C)C(C)(C)C)[C@@H](NS(C)(=O)=O)c1ccccc1. The lowest BCUT2D eigenvalue weighted by Crippen LogP contribution is -2.52. The average Bonchev–Trinajstić information content (AvgIpc) is 2.54. The van der Waals surface area contributed by atoms with Crippen LogP contribution >= 0.6 is 0 Å². The third-order valence-corrected chi connectivity index (χ3v) is 10.2. The van der Waals surface area contributed by atoms with E-state index < -0.39 is 42.1 Å². The van der Waals surface area contributed by atoms with E-state index in [-0.39, 0.29) is 11.6 Å². The zero-order valence-electron chi connectivity index (χ0n) is 19.7. The largest absolute Gasteiger partial charge is 0.444 e. The molecule has 7 nitrogen and oxygen atoms in total. The second-order valence-corrected chi connectivity index (χ2v) is 16.7. The molecule has 2 atom stereocenters. The molecule has 9 heteroatoms. The van der Waals surface area contributed by atoms with Crippen LogP contribution in [0.1, 0.15) is 53.1 Å². The molecule has 0 unspecified atom stereocenters. The first-order valence-electron chi connectivity index (χ1n) is 10.1. The molecule has 2 N–H and O–H groups in total. The molecule has 1 aromatic rings. The number of amides is 1. The number of carbonyl (C=O) groups excluding carboxylic acids is 1. The van der Waals surface area contributed by atoms with E-state index >= 15 is 0 Å². The van der Waals surface area contributed by atoms with Gasteiger partial charge < -0.3 is 14.5 Å². The average molecular weight is 459 g/mol. The number of hydrogen-bond acceptors (Lipinski definition) is 5. The summed E-state index contributed by atoms with van der Waals surface area (Å²) in [5.74, 6) is 0. The molecule has 0 aliphatic heterocycles. The zero-order chi connectivity index (χ0) is 23.4. The number of benzene rings is 1. The second-order valence-electron chi connectivity index (χ2n) is 10.1. The van der Waals surface area contributed by atoms with E-state index in [2.05, 4.69) is 43.9 Å². The van der Waals surface area contributed by atoms with Crippen molar-refractivity contribution in [1.29, 1.82) is 0 Å². The smallest absolute Gasteiger partial charge is 0.408 e. The van der Waals surface area contributed by atoms with Gasteiger partial charge in [-0.3, -0.25) is 0 Å². The van der Waals surface area contributed by atoms with Crippen molar-refractivity contribution in [1.82, 2.24) is 10.0 Å². The van der Waals surface area contributed by atoms with Crippen LogP contribution in [0.5, 0.6) is 0 Å². The monoisotopic (exact) mass is 458 g/mol. The molecule has 0 aliphatic carbocycles. The van der Waals surface area contributed by atoms with Crippen molar-refractivity contribution in [2.24, 2.45) is 0 Å². The molecule has 1 aromatic carbocycles. The van der Waals surface area contributed by atoms with Crippen molar-refractivity contribution in [2.75, 3.05) is 12.9 Å². The molecule has 0 aromatic heterocycles. The summed E-state index contributed by atoms with van der Waals surface area (Å²) >= 11 is 0. The Kier molecular flexibility index (Phi) is 8.70. The highest BCUT2D eigenvalue weighted by Gasteiger charge is 2.39. The molecule has 0 bridgehead atoms. The fourth-order valence-corrected chi connectivity index (χ4v) is 4.26. The Morgan fingerprint density at radius 3 is 2.03 bits per heavy atom. The summed E-state index contributed by atoms with van der Waals surface area (Å²) < 4.78 is 38.6. The van der Waals surface area contributed by atoms with Gasteiger partial charge in [0.1, 0.15) is 5.60 Å². The minimum absolute atomic E-state index is 0.0318. The van der Waals surface area contributed by atoms with Crippen molar-refractivity contribution in [3.8, 4) is 0 Å². The lowest BCUT2D eigenvalue weighted by atomic mass is 10.0. The van der Waals surface area contributed by atoms with Crippen LogP contribution in [0.15, 0.2) is 30.3 Å². The van der Waals surface area contributed by atoms with E-state index in [1.54, 1.807) is 20.8 Å². The van der Waals surface area contributed by atoms with E-state index in [0.717, 1.165) is 11.8 Å². The van der Waals surface area contributed by atoms with Crippen LogP contribution in [-0.2, 0) is 19.2 Å². The van der Waals surface area contributed by atoms with Gasteiger partial charge in [-0.1, -0.05) is 51.1 Å². The highest BCUT2D eigenvalue weighted by Crippen LogP contribution is 2.37. The summed E-state index contributed by atoms with van der Waals surface area (Å²) in [5.41, 5.74) is 0.0457. The number of rotatable bonds is 8. The first-order chi connectivity index (χ1) is 13.4. The Hall–Kier alpha value is -1.42. The number of nitrogens with one attached hydrogen (secondary N) is 2. The maximum atomic E-state index is 12.5. The topological polar surface area (TPSA) is 93.7 Å². The quantitative estimate of drug-likeness (QED) is 0.570. The van der Waals surface area contributed by atoms with Gasteiger partial charge in [-0.2, -0.15) is 0 Å². The first kappa shape index (κ1) is 26.6. The molecule has 0 radical (unpaired) electrons. The van der Waals surface area contributed by atoms with E-state index in [4.69, 9.17) is 9.16 Å². The molecule has 1 amide bonds.